The first kappa shape index (κ1) is 17.8. The summed E-state index contributed by atoms with van der Waals surface area (Å²) in [6.07, 6.45) is 2.84. The number of carbonyl (C=O) groups excluding carboxylic acids is 1. The van der Waals surface area contributed by atoms with Gasteiger partial charge >= 0.3 is 6.18 Å². The van der Waals surface area contributed by atoms with E-state index >= 15 is 0 Å². The lowest BCUT2D eigenvalue weighted by Gasteiger charge is -2.22. The predicted octanol–water partition coefficient (Wildman–Crippen LogP) is 4.38. The molecule has 1 aromatic rings. The van der Waals surface area contributed by atoms with Gasteiger partial charge in [-0.15, -0.1) is 0 Å². The van der Waals surface area contributed by atoms with Gasteiger partial charge in [0.15, 0.2) is 5.69 Å². The molecule has 2 fully saturated rings. The topological polar surface area (TPSA) is 46.9 Å². The van der Waals surface area contributed by atoms with Gasteiger partial charge in [-0.2, -0.15) is 18.3 Å². The number of hydrogen-bond donors (Lipinski definition) is 1. The third-order valence-electron chi connectivity index (χ3n) is 4.69. The molecule has 0 bridgehead atoms. The standard InChI is InChI=1S/C16H21BrF3N3O/c17-13-14(10-6-7-10)23(22-15(13)16(18,19)20)9-8-12(24)21-11-4-2-1-3-5-11/h10-11H,1-9H2,(H,21,24). The van der Waals surface area contributed by atoms with Gasteiger partial charge in [-0.05, 0) is 41.6 Å². The molecule has 134 valence electrons. The van der Waals surface area contributed by atoms with Crippen molar-refractivity contribution < 1.29 is 18.0 Å². The molecule has 0 aliphatic heterocycles. The Morgan fingerprint density at radius 2 is 1.88 bits per heavy atom. The Bertz CT molecular complexity index is 604. The Labute approximate surface area is 147 Å². The normalized spacial score (nSPS) is 19.5. The van der Waals surface area contributed by atoms with Crippen LogP contribution in [0.1, 0.15) is 68.7 Å². The van der Waals surface area contributed by atoms with Crippen LogP contribution in [0.4, 0.5) is 13.2 Å². The fourth-order valence-electron chi connectivity index (χ4n) is 3.31. The van der Waals surface area contributed by atoms with Gasteiger partial charge in [0, 0.05) is 18.4 Å². The Kier molecular flexibility index (Phi) is 5.22. The van der Waals surface area contributed by atoms with Crippen molar-refractivity contribution in [2.75, 3.05) is 0 Å². The highest BCUT2D eigenvalue weighted by Gasteiger charge is 2.41. The molecule has 3 rings (SSSR count). The Morgan fingerprint density at radius 3 is 2.46 bits per heavy atom. The molecule has 1 N–H and O–H groups in total. The minimum Gasteiger partial charge on any atom is -0.353 e. The Hall–Kier alpha value is -1.05. The van der Waals surface area contributed by atoms with E-state index in [1.165, 1.54) is 11.1 Å². The molecular formula is C16H21BrF3N3O. The number of hydrogen-bond acceptors (Lipinski definition) is 2. The largest absolute Gasteiger partial charge is 0.436 e. The van der Waals surface area contributed by atoms with E-state index in [2.05, 4.69) is 26.3 Å². The molecular weight excluding hydrogens is 387 g/mol. The van der Waals surface area contributed by atoms with Gasteiger partial charge in [0.05, 0.1) is 16.7 Å². The van der Waals surface area contributed by atoms with Crippen molar-refractivity contribution in [3.05, 3.63) is 15.9 Å². The minimum absolute atomic E-state index is 0.0326. The van der Waals surface area contributed by atoms with E-state index in [-0.39, 0.29) is 35.3 Å². The smallest absolute Gasteiger partial charge is 0.353 e. The maximum absolute atomic E-state index is 13.0. The van der Waals surface area contributed by atoms with Gasteiger partial charge in [0.2, 0.25) is 5.91 Å². The molecule has 0 radical (unpaired) electrons. The number of alkyl halides is 3. The number of nitrogens with one attached hydrogen (secondary N) is 1. The zero-order chi connectivity index (χ0) is 17.3. The van der Waals surface area contributed by atoms with Gasteiger partial charge < -0.3 is 5.32 Å². The summed E-state index contributed by atoms with van der Waals surface area (Å²) in [7, 11) is 0. The van der Waals surface area contributed by atoms with Crippen molar-refractivity contribution >= 4 is 21.8 Å². The highest BCUT2D eigenvalue weighted by Crippen LogP contribution is 2.47. The van der Waals surface area contributed by atoms with E-state index in [9.17, 15) is 18.0 Å². The van der Waals surface area contributed by atoms with Crippen LogP contribution >= 0.6 is 15.9 Å². The van der Waals surface area contributed by atoms with Crippen LogP contribution in [0.3, 0.4) is 0 Å². The molecule has 2 aliphatic carbocycles. The van der Waals surface area contributed by atoms with E-state index < -0.39 is 11.9 Å². The maximum Gasteiger partial charge on any atom is 0.436 e. The minimum atomic E-state index is -4.49. The van der Waals surface area contributed by atoms with E-state index in [0.717, 1.165) is 38.5 Å². The summed E-state index contributed by atoms with van der Waals surface area (Å²) in [5.74, 6) is 0.00760. The second kappa shape index (κ2) is 7.06. The number of aromatic nitrogens is 2. The van der Waals surface area contributed by atoms with Crippen LogP contribution < -0.4 is 5.32 Å². The van der Waals surface area contributed by atoms with Gasteiger partial charge in [-0.25, -0.2) is 0 Å². The third-order valence-corrected chi connectivity index (χ3v) is 5.47. The van der Waals surface area contributed by atoms with Crippen molar-refractivity contribution in [1.82, 2.24) is 15.1 Å². The second-order valence-electron chi connectivity index (χ2n) is 6.70. The van der Waals surface area contributed by atoms with Crippen LogP contribution in [0.15, 0.2) is 4.47 Å². The molecule has 0 unspecified atom stereocenters. The van der Waals surface area contributed by atoms with Crippen LogP contribution in [0.25, 0.3) is 0 Å². The first-order chi connectivity index (χ1) is 11.4. The zero-order valence-corrected chi connectivity index (χ0v) is 14.9. The fourth-order valence-corrected chi connectivity index (χ4v) is 4.14. The lowest BCUT2D eigenvalue weighted by molar-refractivity contribution is -0.142. The third kappa shape index (κ3) is 4.13. The second-order valence-corrected chi connectivity index (χ2v) is 7.49. The van der Waals surface area contributed by atoms with Gasteiger partial charge in [-0.3, -0.25) is 9.48 Å². The number of nitrogens with zero attached hydrogens (tertiary/aromatic N) is 2. The average molecular weight is 408 g/mol. The van der Waals surface area contributed by atoms with Crippen molar-refractivity contribution in [1.29, 1.82) is 0 Å². The summed E-state index contributed by atoms with van der Waals surface area (Å²) in [4.78, 5) is 12.1. The molecule has 24 heavy (non-hydrogen) atoms. The molecule has 1 heterocycles. The van der Waals surface area contributed by atoms with E-state index in [1.807, 2.05) is 0 Å². The molecule has 4 nitrogen and oxygen atoms in total. The summed E-state index contributed by atoms with van der Waals surface area (Å²) in [5.41, 5.74) is -0.315. The van der Waals surface area contributed by atoms with E-state index in [4.69, 9.17) is 0 Å². The van der Waals surface area contributed by atoms with Crippen molar-refractivity contribution in [3.63, 3.8) is 0 Å². The summed E-state index contributed by atoms with van der Waals surface area (Å²) in [5, 5.41) is 6.72. The Morgan fingerprint density at radius 1 is 1.21 bits per heavy atom. The number of amides is 1. The first-order valence-corrected chi connectivity index (χ1v) is 9.28. The zero-order valence-electron chi connectivity index (χ0n) is 13.3. The van der Waals surface area contributed by atoms with Crippen LogP contribution in [0.2, 0.25) is 0 Å². The van der Waals surface area contributed by atoms with Crippen LogP contribution in [0, 0.1) is 0 Å². The van der Waals surface area contributed by atoms with Gasteiger partial charge in [-0.1, -0.05) is 19.3 Å². The first-order valence-electron chi connectivity index (χ1n) is 8.49. The lowest BCUT2D eigenvalue weighted by Crippen LogP contribution is -2.36. The molecule has 8 heteroatoms. The molecule has 1 aromatic heterocycles. The molecule has 0 aromatic carbocycles. The van der Waals surface area contributed by atoms with E-state index in [0.29, 0.717) is 5.69 Å². The van der Waals surface area contributed by atoms with Crippen LogP contribution in [-0.4, -0.2) is 21.7 Å². The van der Waals surface area contributed by atoms with Crippen molar-refractivity contribution in [2.24, 2.45) is 0 Å². The number of rotatable bonds is 5. The van der Waals surface area contributed by atoms with Gasteiger partial charge in [0.25, 0.3) is 0 Å². The van der Waals surface area contributed by atoms with Crippen molar-refractivity contribution in [3.8, 4) is 0 Å². The summed E-state index contributed by atoms with van der Waals surface area (Å²) in [6.45, 7) is 0.180. The molecule has 2 saturated carbocycles. The number of aryl methyl sites for hydroxylation is 1. The quantitative estimate of drug-likeness (QED) is 0.786. The van der Waals surface area contributed by atoms with Crippen molar-refractivity contribution in [2.45, 2.75) is 76.0 Å². The highest BCUT2D eigenvalue weighted by molar-refractivity contribution is 9.10. The molecule has 2 aliphatic rings. The summed E-state index contributed by atoms with van der Waals surface area (Å²) >= 11 is 3.06. The van der Waals surface area contributed by atoms with Crippen LogP contribution in [0.5, 0.6) is 0 Å². The molecule has 1 amide bonds. The highest BCUT2D eigenvalue weighted by atomic mass is 79.9. The Balaban J connectivity index is 1.65. The number of halogens is 4. The molecule has 0 saturated heterocycles. The maximum atomic E-state index is 13.0. The molecule has 0 atom stereocenters. The monoisotopic (exact) mass is 407 g/mol. The SMILES string of the molecule is O=C(CCn1nc(C(F)(F)F)c(Br)c1C1CC1)NC1CCCCC1. The average Bonchev–Trinajstić information content (AvgIpc) is 3.29. The fraction of sp³-hybridized carbons (Fsp3) is 0.750. The van der Waals surface area contributed by atoms with Gasteiger partial charge in [0.1, 0.15) is 0 Å². The predicted molar refractivity (Wildman–Crippen MR) is 86.5 cm³/mol. The lowest BCUT2D eigenvalue weighted by atomic mass is 9.95. The van der Waals surface area contributed by atoms with E-state index in [1.54, 1.807) is 0 Å². The number of carbonyl (C=O) groups is 1. The van der Waals surface area contributed by atoms with Crippen LogP contribution in [-0.2, 0) is 17.5 Å². The summed E-state index contributed by atoms with van der Waals surface area (Å²) in [6, 6.07) is 0.212. The summed E-state index contributed by atoms with van der Waals surface area (Å²) < 4.78 is 40.5. The molecule has 0 spiro atoms.